The molecular weight excluding hydrogens is 248 g/mol. The summed E-state index contributed by atoms with van der Waals surface area (Å²) >= 11 is 0. The van der Waals surface area contributed by atoms with Crippen molar-refractivity contribution in [3.63, 3.8) is 0 Å². The van der Waals surface area contributed by atoms with Gasteiger partial charge in [0.05, 0.1) is 12.4 Å². The van der Waals surface area contributed by atoms with E-state index in [1.165, 1.54) is 0 Å². The largest absolute Gasteiger partial charge is 0.367 e. The molecule has 0 aliphatic rings. The molecular formula is C5H14N2O6S2. The summed E-state index contributed by atoms with van der Waals surface area (Å²) in [5.74, 6) is -1.03. The van der Waals surface area contributed by atoms with E-state index in [4.69, 9.17) is 10.2 Å². The third-order valence-corrected chi connectivity index (χ3v) is 2.87. The molecule has 8 nitrogen and oxygen atoms in total. The van der Waals surface area contributed by atoms with Crippen molar-refractivity contribution < 1.29 is 26.7 Å². The zero-order valence-electron chi connectivity index (χ0n) is 7.87. The average Bonchev–Trinajstić information content (AvgIpc) is 1.92. The molecule has 0 aromatic heterocycles. The van der Waals surface area contributed by atoms with E-state index in [0.29, 0.717) is 0 Å². The first-order chi connectivity index (χ1) is 6.60. The molecule has 92 valence electrons. The van der Waals surface area contributed by atoms with Crippen molar-refractivity contribution in [1.82, 2.24) is 0 Å². The second-order valence-corrected chi connectivity index (χ2v) is 6.27. The Kier molecular flexibility index (Phi) is 5.62. The normalized spacial score (nSPS) is 15.1. The van der Waals surface area contributed by atoms with Crippen LogP contribution in [0.3, 0.4) is 0 Å². The summed E-state index contributed by atoms with van der Waals surface area (Å²) in [6.45, 7) is -0.118. The smallest absolute Gasteiger partial charge is 0.214 e. The lowest BCUT2D eigenvalue weighted by atomic mass is 10.5. The summed E-state index contributed by atoms with van der Waals surface area (Å²) in [7, 11) is -7.37. The zero-order valence-corrected chi connectivity index (χ0v) is 9.50. The summed E-state index contributed by atoms with van der Waals surface area (Å²) < 4.78 is 46.4. The molecule has 0 saturated carbocycles. The van der Waals surface area contributed by atoms with Gasteiger partial charge in [0.1, 0.15) is 5.75 Å². The maximum Gasteiger partial charge on any atom is 0.214 e. The molecule has 15 heavy (non-hydrogen) atoms. The number of hydrogen-bond donors (Lipinski definition) is 3. The average molecular weight is 262 g/mol. The predicted molar refractivity (Wildman–Crippen MR) is 52.5 cm³/mol. The Morgan fingerprint density at radius 2 is 1.67 bits per heavy atom. The predicted octanol–water partition coefficient (Wildman–Crippen LogP) is -2.71. The Balaban J connectivity index is 3.70. The summed E-state index contributed by atoms with van der Waals surface area (Å²) in [5, 5.41) is 18.3. The first kappa shape index (κ1) is 14.7. The van der Waals surface area contributed by atoms with Gasteiger partial charge in [0.25, 0.3) is 0 Å². The van der Waals surface area contributed by atoms with E-state index in [1.54, 1.807) is 0 Å². The molecule has 1 atom stereocenters. The minimum absolute atomic E-state index is 0.0700. The standard InChI is InChI=1S/C5H14N2O6S2/c6-14(9,10)3-1-2-13-5(8)4-15(7,11)12/h5,8H,1-4H2,(H2,6,9,10)(H2,7,11,12). The van der Waals surface area contributed by atoms with E-state index >= 15 is 0 Å². The highest BCUT2D eigenvalue weighted by Gasteiger charge is 2.13. The Morgan fingerprint density at radius 3 is 2.07 bits per heavy atom. The highest BCUT2D eigenvalue weighted by atomic mass is 32.2. The van der Waals surface area contributed by atoms with E-state index in [0.717, 1.165) is 0 Å². The summed E-state index contributed by atoms with van der Waals surface area (Å²) in [6.07, 6.45) is -1.49. The molecule has 0 saturated heterocycles. The molecule has 0 amide bonds. The molecule has 0 heterocycles. The van der Waals surface area contributed by atoms with Crippen LogP contribution >= 0.6 is 0 Å². The van der Waals surface area contributed by atoms with Crippen LogP contribution in [0.15, 0.2) is 0 Å². The Bertz CT molecular complexity index is 374. The molecule has 0 spiro atoms. The van der Waals surface area contributed by atoms with Gasteiger partial charge in [-0.15, -0.1) is 0 Å². The van der Waals surface area contributed by atoms with Gasteiger partial charge in [-0.05, 0) is 6.42 Å². The summed E-state index contributed by atoms with van der Waals surface area (Å²) in [4.78, 5) is 0. The topological polar surface area (TPSA) is 150 Å². The number of sulfonamides is 2. The second-order valence-electron chi connectivity index (χ2n) is 2.88. The lowest BCUT2D eigenvalue weighted by Gasteiger charge is -2.09. The molecule has 10 heteroatoms. The van der Waals surface area contributed by atoms with Gasteiger partial charge in [-0.2, -0.15) is 0 Å². The van der Waals surface area contributed by atoms with Crippen LogP contribution in [0.25, 0.3) is 0 Å². The van der Waals surface area contributed by atoms with Crippen molar-refractivity contribution in [2.45, 2.75) is 12.7 Å². The molecule has 0 aromatic rings. The Morgan fingerprint density at radius 1 is 1.13 bits per heavy atom. The third-order valence-electron chi connectivity index (χ3n) is 1.26. The first-order valence-corrected chi connectivity index (χ1v) is 7.34. The van der Waals surface area contributed by atoms with E-state index in [2.05, 4.69) is 9.88 Å². The number of rotatable bonds is 7. The highest BCUT2D eigenvalue weighted by molar-refractivity contribution is 7.89. The number of hydrogen-bond acceptors (Lipinski definition) is 6. The number of aliphatic hydroxyl groups excluding tert-OH is 1. The van der Waals surface area contributed by atoms with Crippen molar-refractivity contribution >= 4 is 20.0 Å². The Labute approximate surface area is 88.3 Å². The zero-order chi connectivity index (χ0) is 12.1. The lowest BCUT2D eigenvalue weighted by Crippen LogP contribution is -2.29. The quantitative estimate of drug-likeness (QED) is 0.335. The van der Waals surface area contributed by atoms with Crippen molar-refractivity contribution in [2.75, 3.05) is 18.1 Å². The molecule has 0 aliphatic carbocycles. The van der Waals surface area contributed by atoms with Crippen molar-refractivity contribution in [2.24, 2.45) is 10.3 Å². The summed E-state index contributed by atoms with van der Waals surface area (Å²) in [5.41, 5.74) is 0. The van der Waals surface area contributed by atoms with Crippen LogP contribution in [0, 0.1) is 0 Å². The molecule has 0 aromatic carbocycles. The molecule has 0 fully saturated rings. The van der Waals surface area contributed by atoms with Gasteiger partial charge in [-0.1, -0.05) is 0 Å². The first-order valence-electron chi connectivity index (χ1n) is 3.91. The Hall–Kier alpha value is -0.260. The van der Waals surface area contributed by atoms with Crippen molar-refractivity contribution in [1.29, 1.82) is 0 Å². The summed E-state index contributed by atoms with van der Waals surface area (Å²) in [6, 6.07) is 0. The van der Waals surface area contributed by atoms with Gasteiger partial charge < -0.3 is 9.84 Å². The maximum atomic E-state index is 10.5. The van der Waals surface area contributed by atoms with Crippen molar-refractivity contribution in [3.8, 4) is 0 Å². The lowest BCUT2D eigenvalue weighted by molar-refractivity contribution is -0.0819. The van der Waals surface area contributed by atoms with Crippen LogP contribution in [0.1, 0.15) is 6.42 Å². The van der Waals surface area contributed by atoms with Gasteiger partial charge in [-0.25, -0.2) is 27.1 Å². The van der Waals surface area contributed by atoms with E-state index in [1.807, 2.05) is 0 Å². The van der Waals surface area contributed by atoms with E-state index in [9.17, 15) is 16.8 Å². The van der Waals surface area contributed by atoms with Gasteiger partial charge >= 0.3 is 0 Å². The fourth-order valence-corrected chi connectivity index (χ4v) is 1.74. The molecule has 0 radical (unpaired) electrons. The van der Waals surface area contributed by atoms with Crippen LogP contribution in [0.4, 0.5) is 0 Å². The molecule has 1 unspecified atom stereocenters. The molecule has 5 N–H and O–H groups in total. The van der Waals surface area contributed by atoms with Crippen LogP contribution in [0.2, 0.25) is 0 Å². The molecule has 0 aliphatic heterocycles. The van der Waals surface area contributed by atoms with E-state index < -0.39 is 32.1 Å². The van der Waals surface area contributed by atoms with Crippen LogP contribution in [-0.2, 0) is 24.8 Å². The monoisotopic (exact) mass is 262 g/mol. The minimum Gasteiger partial charge on any atom is -0.367 e. The molecule has 0 bridgehead atoms. The van der Waals surface area contributed by atoms with Gasteiger partial charge in [0, 0.05) is 0 Å². The van der Waals surface area contributed by atoms with Crippen molar-refractivity contribution in [3.05, 3.63) is 0 Å². The van der Waals surface area contributed by atoms with Crippen LogP contribution < -0.4 is 10.3 Å². The van der Waals surface area contributed by atoms with Gasteiger partial charge in [-0.3, -0.25) is 0 Å². The maximum absolute atomic E-state index is 10.5. The highest BCUT2D eigenvalue weighted by Crippen LogP contribution is 1.94. The molecule has 0 rings (SSSR count). The fourth-order valence-electron chi connectivity index (χ4n) is 0.726. The van der Waals surface area contributed by atoms with E-state index in [-0.39, 0.29) is 18.8 Å². The second kappa shape index (κ2) is 5.72. The minimum atomic E-state index is -3.81. The van der Waals surface area contributed by atoms with Crippen LogP contribution in [0.5, 0.6) is 0 Å². The SMILES string of the molecule is NS(=O)(=O)CCCOC(O)CS(N)(=O)=O. The third kappa shape index (κ3) is 11.7. The van der Waals surface area contributed by atoms with Crippen LogP contribution in [-0.4, -0.2) is 46.3 Å². The van der Waals surface area contributed by atoms with Gasteiger partial charge in [0.2, 0.25) is 20.0 Å². The number of ether oxygens (including phenoxy) is 1. The number of aliphatic hydroxyl groups is 1. The fraction of sp³-hybridized carbons (Fsp3) is 1.00. The van der Waals surface area contributed by atoms with Gasteiger partial charge in [0.15, 0.2) is 6.29 Å². The number of primary sulfonamides is 2. The number of nitrogens with two attached hydrogens (primary N) is 2.